The summed E-state index contributed by atoms with van der Waals surface area (Å²) in [7, 11) is 0. The van der Waals surface area contributed by atoms with Crippen LogP contribution in [0.3, 0.4) is 0 Å². The molecule has 0 bridgehead atoms. The molecule has 5 nitrogen and oxygen atoms in total. The van der Waals surface area contributed by atoms with Gasteiger partial charge in [-0.1, -0.05) is 12.8 Å². The Balaban J connectivity index is 1.72. The smallest absolute Gasteiger partial charge is 0.251 e. The first kappa shape index (κ1) is 13.7. The van der Waals surface area contributed by atoms with Gasteiger partial charge >= 0.3 is 0 Å². The third-order valence-corrected chi connectivity index (χ3v) is 3.28. The van der Waals surface area contributed by atoms with Crippen LogP contribution in [-0.2, 0) is 4.74 Å². The number of phenols is 2. The molecule has 2 rings (SSSR count). The van der Waals surface area contributed by atoms with Gasteiger partial charge in [-0.15, -0.1) is 0 Å². The third-order valence-electron chi connectivity index (χ3n) is 3.28. The first-order valence-corrected chi connectivity index (χ1v) is 6.58. The summed E-state index contributed by atoms with van der Waals surface area (Å²) in [5, 5.41) is 21.2. The number of carbonyl (C=O) groups excluding carboxylic acids is 1. The molecule has 5 heteroatoms. The van der Waals surface area contributed by atoms with Crippen LogP contribution in [0.25, 0.3) is 0 Å². The van der Waals surface area contributed by atoms with E-state index >= 15 is 0 Å². The Bertz CT molecular complexity index is 441. The number of rotatable bonds is 5. The largest absolute Gasteiger partial charge is 0.504 e. The maximum absolute atomic E-state index is 11.7. The summed E-state index contributed by atoms with van der Waals surface area (Å²) < 4.78 is 5.63. The van der Waals surface area contributed by atoms with Crippen LogP contribution in [-0.4, -0.2) is 35.4 Å². The van der Waals surface area contributed by atoms with Crippen LogP contribution in [0, 0.1) is 0 Å². The second-order valence-corrected chi connectivity index (χ2v) is 4.74. The van der Waals surface area contributed by atoms with Crippen LogP contribution in [0.15, 0.2) is 18.2 Å². The fourth-order valence-electron chi connectivity index (χ4n) is 2.21. The number of ether oxygens (including phenoxy) is 1. The molecule has 0 saturated heterocycles. The summed E-state index contributed by atoms with van der Waals surface area (Å²) >= 11 is 0. The van der Waals surface area contributed by atoms with Gasteiger partial charge in [0.2, 0.25) is 0 Å². The van der Waals surface area contributed by atoms with Crippen molar-refractivity contribution in [3.63, 3.8) is 0 Å². The van der Waals surface area contributed by atoms with Crippen LogP contribution in [0.5, 0.6) is 11.5 Å². The molecule has 0 aromatic heterocycles. The van der Waals surface area contributed by atoms with Crippen LogP contribution in [0.2, 0.25) is 0 Å². The lowest BCUT2D eigenvalue weighted by atomic mass is 10.2. The second kappa shape index (κ2) is 6.43. The summed E-state index contributed by atoms with van der Waals surface area (Å²) in [4.78, 5) is 11.7. The molecule has 0 spiro atoms. The first-order valence-electron chi connectivity index (χ1n) is 6.58. The minimum absolute atomic E-state index is 0.235. The van der Waals surface area contributed by atoms with Crippen molar-refractivity contribution in [2.24, 2.45) is 0 Å². The molecule has 1 aliphatic carbocycles. The van der Waals surface area contributed by atoms with Crippen molar-refractivity contribution < 1.29 is 19.7 Å². The van der Waals surface area contributed by atoms with Gasteiger partial charge in [-0.3, -0.25) is 4.79 Å². The number of carbonyl (C=O) groups is 1. The van der Waals surface area contributed by atoms with E-state index < -0.39 is 0 Å². The number of hydrogen-bond acceptors (Lipinski definition) is 4. The number of phenolic OH excluding ortho intramolecular Hbond substituents is 2. The Morgan fingerprint density at radius 3 is 2.68 bits per heavy atom. The Morgan fingerprint density at radius 2 is 2.00 bits per heavy atom. The van der Waals surface area contributed by atoms with Crippen molar-refractivity contribution >= 4 is 5.91 Å². The molecule has 1 amide bonds. The monoisotopic (exact) mass is 265 g/mol. The predicted molar refractivity (Wildman–Crippen MR) is 70.3 cm³/mol. The molecule has 104 valence electrons. The molecule has 1 aromatic rings. The van der Waals surface area contributed by atoms with E-state index in [-0.39, 0.29) is 17.4 Å². The molecule has 3 N–H and O–H groups in total. The predicted octanol–water partition coefficient (Wildman–Crippen LogP) is 1.79. The number of amides is 1. The van der Waals surface area contributed by atoms with E-state index in [0.717, 1.165) is 12.8 Å². The summed E-state index contributed by atoms with van der Waals surface area (Å²) in [6.45, 7) is 0.942. The molecule has 0 atom stereocenters. The van der Waals surface area contributed by atoms with Crippen molar-refractivity contribution in [2.75, 3.05) is 13.2 Å². The van der Waals surface area contributed by atoms with Gasteiger partial charge in [0.25, 0.3) is 5.91 Å². The Hall–Kier alpha value is -1.75. The zero-order chi connectivity index (χ0) is 13.7. The van der Waals surface area contributed by atoms with Gasteiger partial charge < -0.3 is 20.3 Å². The van der Waals surface area contributed by atoms with Crippen molar-refractivity contribution in [1.82, 2.24) is 5.32 Å². The van der Waals surface area contributed by atoms with E-state index in [9.17, 15) is 9.90 Å². The van der Waals surface area contributed by atoms with E-state index in [2.05, 4.69) is 5.32 Å². The lowest BCUT2D eigenvalue weighted by Gasteiger charge is -2.11. The van der Waals surface area contributed by atoms with Crippen molar-refractivity contribution in [1.29, 1.82) is 0 Å². The van der Waals surface area contributed by atoms with Gasteiger partial charge in [-0.2, -0.15) is 0 Å². The maximum atomic E-state index is 11.7. The fraction of sp³-hybridized carbons (Fsp3) is 0.500. The van der Waals surface area contributed by atoms with Gasteiger partial charge in [0.1, 0.15) is 0 Å². The van der Waals surface area contributed by atoms with Crippen molar-refractivity contribution in [3.8, 4) is 11.5 Å². The molecule has 0 aliphatic heterocycles. The lowest BCUT2D eigenvalue weighted by molar-refractivity contribution is 0.0582. The van der Waals surface area contributed by atoms with E-state index in [4.69, 9.17) is 9.84 Å². The normalized spacial score (nSPS) is 15.6. The summed E-state index contributed by atoms with van der Waals surface area (Å²) in [5.41, 5.74) is 0.316. The highest BCUT2D eigenvalue weighted by atomic mass is 16.5. The zero-order valence-electron chi connectivity index (χ0n) is 10.8. The minimum Gasteiger partial charge on any atom is -0.504 e. The molecule has 0 radical (unpaired) electrons. The molecule has 19 heavy (non-hydrogen) atoms. The lowest BCUT2D eigenvalue weighted by Crippen LogP contribution is -2.28. The fourth-order valence-corrected chi connectivity index (χ4v) is 2.21. The van der Waals surface area contributed by atoms with E-state index in [1.807, 2.05) is 0 Å². The highest BCUT2D eigenvalue weighted by Crippen LogP contribution is 2.24. The number of aromatic hydroxyl groups is 2. The molecule has 1 saturated carbocycles. The molecular weight excluding hydrogens is 246 g/mol. The SMILES string of the molecule is O=C(NCCOC1CCCC1)c1ccc(O)c(O)c1. The van der Waals surface area contributed by atoms with E-state index in [1.54, 1.807) is 0 Å². The van der Waals surface area contributed by atoms with Gasteiger partial charge in [0, 0.05) is 12.1 Å². The summed E-state index contributed by atoms with van der Waals surface area (Å²) in [5.74, 6) is -0.818. The number of nitrogens with one attached hydrogen (secondary N) is 1. The van der Waals surface area contributed by atoms with E-state index in [0.29, 0.717) is 24.8 Å². The summed E-state index contributed by atoms with van der Waals surface area (Å²) in [6.07, 6.45) is 5.02. The van der Waals surface area contributed by atoms with Crippen molar-refractivity contribution in [2.45, 2.75) is 31.8 Å². The topological polar surface area (TPSA) is 78.8 Å². The standard InChI is InChI=1S/C14H19NO4/c16-12-6-5-10(9-13(12)17)14(18)15-7-8-19-11-3-1-2-4-11/h5-6,9,11,16-17H,1-4,7-8H2,(H,15,18). The van der Waals surface area contributed by atoms with Crippen LogP contribution >= 0.6 is 0 Å². The van der Waals surface area contributed by atoms with Crippen molar-refractivity contribution in [3.05, 3.63) is 23.8 Å². The Kier molecular flexibility index (Phi) is 4.63. The molecular formula is C14H19NO4. The second-order valence-electron chi connectivity index (χ2n) is 4.74. The van der Waals surface area contributed by atoms with Gasteiger partial charge in [-0.05, 0) is 31.0 Å². The average molecular weight is 265 g/mol. The Labute approximate surface area is 112 Å². The van der Waals surface area contributed by atoms with Crippen LogP contribution < -0.4 is 5.32 Å². The Morgan fingerprint density at radius 1 is 1.26 bits per heavy atom. The highest BCUT2D eigenvalue weighted by molar-refractivity contribution is 5.94. The number of hydrogen-bond donors (Lipinski definition) is 3. The third kappa shape index (κ3) is 3.86. The van der Waals surface area contributed by atoms with Crippen LogP contribution in [0.4, 0.5) is 0 Å². The molecule has 1 aromatic carbocycles. The maximum Gasteiger partial charge on any atom is 0.251 e. The average Bonchev–Trinajstić information content (AvgIpc) is 2.91. The number of benzene rings is 1. The van der Waals surface area contributed by atoms with Crippen LogP contribution in [0.1, 0.15) is 36.0 Å². The molecule has 0 heterocycles. The highest BCUT2D eigenvalue weighted by Gasteiger charge is 2.15. The zero-order valence-corrected chi connectivity index (χ0v) is 10.8. The minimum atomic E-state index is -0.296. The first-order chi connectivity index (χ1) is 9.16. The van der Waals surface area contributed by atoms with Gasteiger partial charge in [0.15, 0.2) is 11.5 Å². The molecule has 1 aliphatic rings. The quantitative estimate of drug-likeness (QED) is 0.560. The molecule has 1 fully saturated rings. The molecule has 0 unspecified atom stereocenters. The van der Waals surface area contributed by atoms with E-state index in [1.165, 1.54) is 31.0 Å². The van der Waals surface area contributed by atoms with Gasteiger partial charge in [-0.25, -0.2) is 0 Å². The van der Waals surface area contributed by atoms with Gasteiger partial charge in [0.05, 0.1) is 12.7 Å². The summed E-state index contributed by atoms with van der Waals surface area (Å²) in [6, 6.07) is 3.99.